The van der Waals surface area contributed by atoms with Gasteiger partial charge in [0.1, 0.15) is 0 Å². The predicted molar refractivity (Wildman–Crippen MR) is 84.8 cm³/mol. The molecule has 3 N–H and O–H groups in total. The van der Waals surface area contributed by atoms with Crippen LogP contribution in [0.25, 0.3) is 0 Å². The molecule has 0 saturated heterocycles. The van der Waals surface area contributed by atoms with Gasteiger partial charge in [0.15, 0.2) is 0 Å². The molecule has 0 aromatic heterocycles. The Kier molecular flexibility index (Phi) is 4.76. The normalized spacial score (nSPS) is 26.9. The van der Waals surface area contributed by atoms with E-state index in [-0.39, 0.29) is 10.9 Å². The van der Waals surface area contributed by atoms with Gasteiger partial charge >= 0.3 is 0 Å². The zero-order chi connectivity index (χ0) is 14.9. The smallest absolute Gasteiger partial charge is 0.240 e. The van der Waals surface area contributed by atoms with Crippen molar-refractivity contribution < 1.29 is 8.42 Å². The van der Waals surface area contributed by atoms with E-state index in [1.807, 2.05) is 0 Å². The van der Waals surface area contributed by atoms with Crippen molar-refractivity contribution in [1.82, 2.24) is 4.72 Å². The molecule has 6 heteroatoms. The maximum absolute atomic E-state index is 12.4. The summed E-state index contributed by atoms with van der Waals surface area (Å²) in [5, 5.41) is 0. The molecule has 1 aliphatic carbocycles. The van der Waals surface area contributed by atoms with E-state index in [9.17, 15) is 8.42 Å². The van der Waals surface area contributed by atoms with Crippen molar-refractivity contribution in [2.75, 3.05) is 5.73 Å². The first-order valence-corrected chi connectivity index (χ1v) is 9.20. The molecule has 0 aliphatic heterocycles. The maximum Gasteiger partial charge on any atom is 0.240 e. The summed E-state index contributed by atoms with van der Waals surface area (Å²) >= 11 is 3.27. The van der Waals surface area contributed by atoms with E-state index in [0.717, 1.165) is 19.3 Å². The van der Waals surface area contributed by atoms with Crippen LogP contribution in [-0.4, -0.2) is 14.5 Å². The standard InChI is InChI=1S/C14H21BrN2O2S/c1-3-10-4-7-14(9(10)2)17-20(18,19)11-5-6-13(16)12(15)8-11/h5-6,8-10,14,17H,3-4,7,16H2,1-2H3. The quantitative estimate of drug-likeness (QED) is 0.810. The Morgan fingerprint density at radius 2 is 2.10 bits per heavy atom. The fraction of sp³-hybridized carbons (Fsp3) is 0.571. The number of anilines is 1. The molecule has 1 aliphatic rings. The lowest BCUT2D eigenvalue weighted by Crippen LogP contribution is -2.37. The van der Waals surface area contributed by atoms with Crippen LogP contribution < -0.4 is 10.5 Å². The van der Waals surface area contributed by atoms with Gasteiger partial charge in [-0.15, -0.1) is 0 Å². The summed E-state index contributed by atoms with van der Waals surface area (Å²) in [6.07, 6.45) is 3.11. The van der Waals surface area contributed by atoms with Gasteiger partial charge in [-0.1, -0.05) is 20.3 Å². The molecule has 3 atom stereocenters. The minimum atomic E-state index is -3.48. The molecule has 1 aromatic carbocycles. The number of hydrogen-bond donors (Lipinski definition) is 2. The van der Waals surface area contributed by atoms with Gasteiger partial charge in [-0.05, 0) is 58.8 Å². The van der Waals surface area contributed by atoms with Gasteiger partial charge < -0.3 is 5.73 Å². The Hall–Kier alpha value is -0.590. The zero-order valence-corrected chi connectivity index (χ0v) is 14.2. The molecule has 0 amide bonds. The molecule has 1 fully saturated rings. The Bertz CT molecular complexity index is 589. The molecular weight excluding hydrogens is 340 g/mol. The summed E-state index contributed by atoms with van der Waals surface area (Å²) in [6.45, 7) is 4.29. The van der Waals surface area contributed by atoms with Gasteiger partial charge in [-0.3, -0.25) is 0 Å². The van der Waals surface area contributed by atoms with Crippen molar-refractivity contribution in [3.63, 3.8) is 0 Å². The van der Waals surface area contributed by atoms with Gasteiger partial charge in [0, 0.05) is 16.2 Å². The lowest BCUT2D eigenvalue weighted by Gasteiger charge is -2.21. The highest BCUT2D eigenvalue weighted by Crippen LogP contribution is 2.34. The summed E-state index contributed by atoms with van der Waals surface area (Å²) in [7, 11) is -3.48. The van der Waals surface area contributed by atoms with Gasteiger partial charge in [0.05, 0.1) is 4.90 Å². The number of benzene rings is 1. The van der Waals surface area contributed by atoms with Gasteiger partial charge in [0.25, 0.3) is 0 Å². The van der Waals surface area contributed by atoms with E-state index in [1.165, 1.54) is 0 Å². The van der Waals surface area contributed by atoms with E-state index >= 15 is 0 Å². The number of rotatable bonds is 4. The largest absolute Gasteiger partial charge is 0.398 e. The molecule has 4 nitrogen and oxygen atoms in total. The van der Waals surface area contributed by atoms with Crippen molar-refractivity contribution in [2.45, 2.75) is 44.0 Å². The van der Waals surface area contributed by atoms with Crippen LogP contribution >= 0.6 is 15.9 Å². The molecular formula is C14H21BrN2O2S. The van der Waals surface area contributed by atoms with Crippen LogP contribution in [0.3, 0.4) is 0 Å². The molecule has 3 unspecified atom stereocenters. The number of halogens is 1. The van der Waals surface area contributed by atoms with Crippen molar-refractivity contribution in [2.24, 2.45) is 11.8 Å². The first-order chi connectivity index (χ1) is 9.35. The zero-order valence-electron chi connectivity index (χ0n) is 11.8. The second-order valence-electron chi connectivity index (χ2n) is 5.52. The third-order valence-corrected chi connectivity index (χ3v) is 6.51. The summed E-state index contributed by atoms with van der Waals surface area (Å²) in [6, 6.07) is 4.72. The number of hydrogen-bond acceptors (Lipinski definition) is 3. The third kappa shape index (κ3) is 3.18. The maximum atomic E-state index is 12.4. The van der Waals surface area contributed by atoms with Crippen molar-refractivity contribution in [3.8, 4) is 0 Å². The number of nitrogens with one attached hydrogen (secondary N) is 1. The van der Waals surface area contributed by atoms with Gasteiger partial charge in [-0.25, -0.2) is 13.1 Å². The Balaban J connectivity index is 2.17. The Morgan fingerprint density at radius 3 is 2.65 bits per heavy atom. The van der Waals surface area contributed by atoms with E-state index in [1.54, 1.807) is 18.2 Å². The third-order valence-electron chi connectivity index (χ3n) is 4.34. The highest BCUT2D eigenvalue weighted by Gasteiger charge is 2.34. The average molecular weight is 361 g/mol. The molecule has 0 bridgehead atoms. The minimum Gasteiger partial charge on any atom is -0.398 e. The van der Waals surface area contributed by atoms with Gasteiger partial charge in [-0.2, -0.15) is 0 Å². The van der Waals surface area contributed by atoms with E-state index in [2.05, 4.69) is 34.5 Å². The first kappa shape index (κ1) is 15.8. The van der Waals surface area contributed by atoms with E-state index in [4.69, 9.17) is 5.73 Å². The first-order valence-electron chi connectivity index (χ1n) is 6.92. The fourth-order valence-electron chi connectivity index (χ4n) is 2.93. The van der Waals surface area contributed by atoms with Crippen LogP contribution in [0, 0.1) is 11.8 Å². The number of nitrogens with two attached hydrogens (primary N) is 1. The van der Waals surface area contributed by atoms with Crippen LogP contribution in [0.2, 0.25) is 0 Å². The predicted octanol–water partition coefficient (Wildman–Crippen LogP) is 3.13. The minimum absolute atomic E-state index is 0.0290. The van der Waals surface area contributed by atoms with Gasteiger partial charge in [0.2, 0.25) is 10.0 Å². The molecule has 1 aromatic rings. The molecule has 0 heterocycles. The summed E-state index contributed by atoms with van der Waals surface area (Å²) in [5.41, 5.74) is 6.22. The average Bonchev–Trinajstić information content (AvgIpc) is 2.73. The van der Waals surface area contributed by atoms with Crippen molar-refractivity contribution in [3.05, 3.63) is 22.7 Å². The lowest BCUT2D eigenvalue weighted by molar-refractivity contribution is 0.368. The van der Waals surface area contributed by atoms with Crippen LogP contribution in [0.1, 0.15) is 33.1 Å². The van der Waals surface area contributed by atoms with E-state index < -0.39 is 10.0 Å². The SMILES string of the molecule is CCC1CCC(NS(=O)(=O)c2ccc(N)c(Br)c2)C1C. The summed E-state index contributed by atoms with van der Waals surface area (Å²) in [5.74, 6) is 0.993. The lowest BCUT2D eigenvalue weighted by atomic mass is 9.94. The summed E-state index contributed by atoms with van der Waals surface area (Å²) in [4.78, 5) is 0.255. The van der Waals surface area contributed by atoms with Crippen LogP contribution in [0.15, 0.2) is 27.6 Å². The Morgan fingerprint density at radius 1 is 1.40 bits per heavy atom. The van der Waals surface area contributed by atoms with Crippen molar-refractivity contribution in [1.29, 1.82) is 0 Å². The topological polar surface area (TPSA) is 72.2 Å². The van der Waals surface area contributed by atoms with Crippen LogP contribution in [-0.2, 0) is 10.0 Å². The second-order valence-corrected chi connectivity index (χ2v) is 8.08. The number of nitrogen functional groups attached to an aromatic ring is 1. The molecule has 112 valence electrons. The number of sulfonamides is 1. The summed E-state index contributed by atoms with van der Waals surface area (Å²) < 4.78 is 28.3. The monoisotopic (exact) mass is 360 g/mol. The molecule has 2 rings (SSSR count). The van der Waals surface area contributed by atoms with Crippen molar-refractivity contribution >= 4 is 31.6 Å². The highest BCUT2D eigenvalue weighted by atomic mass is 79.9. The molecule has 20 heavy (non-hydrogen) atoms. The molecule has 1 saturated carbocycles. The van der Waals surface area contributed by atoms with Crippen LogP contribution in [0.5, 0.6) is 0 Å². The Labute approximate surface area is 129 Å². The van der Waals surface area contributed by atoms with E-state index in [0.29, 0.717) is 22.0 Å². The second kappa shape index (κ2) is 6.03. The highest BCUT2D eigenvalue weighted by molar-refractivity contribution is 9.10. The fourth-order valence-corrected chi connectivity index (χ4v) is 4.85. The van der Waals surface area contributed by atoms with Crippen LogP contribution in [0.4, 0.5) is 5.69 Å². The molecule has 0 radical (unpaired) electrons. The molecule has 0 spiro atoms.